The van der Waals surface area contributed by atoms with Gasteiger partial charge in [-0.3, -0.25) is 4.72 Å². The Hall–Kier alpha value is -2.01. The van der Waals surface area contributed by atoms with Crippen LogP contribution >= 0.6 is 23.7 Å². The van der Waals surface area contributed by atoms with Gasteiger partial charge >= 0.3 is 0 Å². The van der Waals surface area contributed by atoms with Gasteiger partial charge in [0.2, 0.25) is 0 Å². The highest BCUT2D eigenvalue weighted by molar-refractivity contribution is 7.94. The molecule has 0 bridgehead atoms. The molecule has 2 N–H and O–H groups in total. The van der Waals surface area contributed by atoms with Crippen molar-refractivity contribution in [3.8, 4) is 0 Å². The van der Waals surface area contributed by atoms with E-state index in [4.69, 9.17) is 0 Å². The second kappa shape index (κ2) is 8.16. The van der Waals surface area contributed by atoms with Crippen LogP contribution in [-0.2, 0) is 10.0 Å². The molecule has 2 aromatic heterocycles. The molecule has 4 rings (SSSR count). The monoisotopic (exact) mass is 446 g/mol. The molecule has 0 aliphatic carbocycles. The number of sulfonamides is 1. The fraction of sp³-hybridized carbons (Fsp3) is 0.235. The van der Waals surface area contributed by atoms with Gasteiger partial charge in [0.1, 0.15) is 21.7 Å². The number of rotatable bonds is 4. The minimum atomic E-state index is -4.01. The molecule has 1 saturated heterocycles. The smallest absolute Gasteiger partial charge is 0.271 e. The van der Waals surface area contributed by atoms with Crippen molar-refractivity contribution in [2.75, 3.05) is 35.8 Å². The highest BCUT2D eigenvalue weighted by Crippen LogP contribution is 2.35. The summed E-state index contributed by atoms with van der Waals surface area (Å²) in [5.74, 6) is -1.01. The van der Waals surface area contributed by atoms with Crippen LogP contribution in [0, 0.1) is 11.6 Å². The molecular weight excluding hydrogens is 430 g/mol. The summed E-state index contributed by atoms with van der Waals surface area (Å²) in [7, 11) is -4.01. The number of anilines is 2. The fourth-order valence-corrected chi connectivity index (χ4v) is 5.40. The van der Waals surface area contributed by atoms with Crippen LogP contribution in [0.5, 0.6) is 0 Å². The molecule has 0 radical (unpaired) electrons. The molecule has 28 heavy (non-hydrogen) atoms. The lowest BCUT2D eigenvalue weighted by molar-refractivity contribution is 0.583. The van der Waals surface area contributed by atoms with Gasteiger partial charge in [0.05, 0.1) is 5.69 Å². The molecule has 0 unspecified atom stereocenters. The van der Waals surface area contributed by atoms with E-state index in [2.05, 4.69) is 19.9 Å². The predicted molar refractivity (Wildman–Crippen MR) is 109 cm³/mol. The number of hydrogen-bond acceptors (Lipinski definition) is 6. The molecule has 0 atom stereocenters. The molecule has 3 heterocycles. The van der Waals surface area contributed by atoms with Crippen molar-refractivity contribution in [2.45, 2.75) is 4.21 Å². The number of hydrogen-bond donors (Lipinski definition) is 2. The predicted octanol–water partition coefficient (Wildman–Crippen LogP) is 3.21. The maximum Gasteiger partial charge on any atom is 0.271 e. The van der Waals surface area contributed by atoms with Gasteiger partial charge in [-0.1, -0.05) is 0 Å². The second-order valence-electron chi connectivity index (χ2n) is 6.08. The number of nitrogens with one attached hydrogen (secondary N) is 2. The van der Waals surface area contributed by atoms with Gasteiger partial charge in [0.15, 0.2) is 0 Å². The van der Waals surface area contributed by atoms with Gasteiger partial charge in [0.25, 0.3) is 10.0 Å². The zero-order chi connectivity index (χ0) is 19.0. The highest BCUT2D eigenvalue weighted by Gasteiger charge is 2.22. The molecule has 0 spiro atoms. The molecule has 1 fully saturated rings. The number of benzene rings is 1. The maximum absolute atomic E-state index is 13.8. The Labute approximate surface area is 171 Å². The second-order valence-corrected chi connectivity index (χ2v) is 9.07. The summed E-state index contributed by atoms with van der Waals surface area (Å²) in [4.78, 5) is 6.53. The number of thiophene rings is 1. The Morgan fingerprint density at radius 1 is 1.14 bits per heavy atom. The first kappa shape index (κ1) is 20.7. The topological polar surface area (TPSA) is 74.3 Å². The summed E-state index contributed by atoms with van der Waals surface area (Å²) >= 11 is 1.08. The zero-order valence-corrected chi connectivity index (χ0v) is 16.9. The Morgan fingerprint density at radius 3 is 2.61 bits per heavy atom. The molecule has 1 aliphatic heterocycles. The summed E-state index contributed by atoms with van der Waals surface area (Å²) in [6, 6.07) is 5.99. The number of pyridine rings is 1. The standard InChI is InChI=1S/C17H16F2N4O2S2.ClH/c18-11-1-2-14(13(19)9-11)22-27(24,25)16-10-12-15(26-16)3-4-21-17(12)23-7-5-20-6-8-23;/h1-4,9-10,20,22H,5-8H2;1H. The van der Waals surface area contributed by atoms with Gasteiger partial charge in [-0.15, -0.1) is 23.7 Å². The molecule has 1 aliphatic rings. The van der Waals surface area contributed by atoms with Crippen LogP contribution in [0.4, 0.5) is 20.3 Å². The van der Waals surface area contributed by atoms with Crippen LogP contribution in [0.15, 0.2) is 40.7 Å². The summed E-state index contributed by atoms with van der Waals surface area (Å²) in [6.07, 6.45) is 1.65. The van der Waals surface area contributed by atoms with Crippen molar-refractivity contribution in [3.05, 3.63) is 48.2 Å². The Bertz CT molecular complexity index is 1100. The molecule has 6 nitrogen and oxygen atoms in total. The van der Waals surface area contributed by atoms with Gasteiger partial charge in [0, 0.05) is 48.5 Å². The third-order valence-corrected chi connectivity index (χ3v) is 7.20. The van der Waals surface area contributed by atoms with E-state index in [0.29, 0.717) is 6.07 Å². The summed E-state index contributed by atoms with van der Waals surface area (Å²) in [5, 5.41) is 4.00. The van der Waals surface area contributed by atoms with Crippen molar-refractivity contribution in [1.82, 2.24) is 10.3 Å². The van der Waals surface area contributed by atoms with Crippen molar-refractivity contribution in [1.29, 1.82) is 0 Å². The van der Waals surface area contributed by atoms with Gasteiger partial charge in [-0.2, -0.15) is 0 Å². The highest BCUT2D eigenvalue weighted by atomic mass is 35.5. The van der Waals surface area contributed by atoms with E-state index in [0.717, 1.165) is 65.6 Å². The number of nitrogens with zero attached hydrogens (tertiary/aromatic N) is 2. The number of aromatic nitrogens is 1. The third kappa shape index (κ3) is 4.04. The first-order valence-electron chi connectivity index (χ1n) is 8.26. The lowest BCUT2D eigenvalue weighted by Crippen LogP contribution is -2.43. The number of halogens is 3. The van der Waals surface area contributed by atoms with E-state index in [-0.39, 0.29) is 22.3 Å². The molecule has 11 heteroatoms. The molecule has 1 aromatic carbocycles. The fourth-order valence-electron chi connectivity index (χ4n) is 2.95. The Balaban J connectivity index is 0.00000225. The van der Waals surface area contributed by atoms with Crippen LogP contribution in [0.3, 0.4) is 0 Å². The average molecular weight is 447 g/mol. The summed E-state index contributed by atoms with van der Waals surface area (Å²) in [5.41, 5.74) is -0.297. The first-order valence-corrected chi connectivity index (χ1v) is 10.6. The SMILES string of the molecule is Cl.O=S(=O)(Nc1ccc(F)cc1F)c1cc2c(N3CCNCC3)nccc2s1. The van der Waals surface area contributed by atoms with Crippen LogP contribution < -0.4 is 14.9 Å². The van der Waals surface area contributed by atoms with Crippen LogP contribution in [0.2, 0.25) is 0 Å². The number of piperazine rings is 1. The third-order valence-electron chi connectivity index (χ3n) is 4.26. The van der Waals surface area contributed by atoms with E-state index in [1.54, 1.807) is 18.3 Å². The lowest BCUT2D eigenvalue weighted by Gasteiger charge is -2.28. The zero-order valence-electron chi connectivity index (χ0n) is 14.5. The molecule has 0 saturated carbocycles. The van der Waals surface area contributed by atoms with Gasteiger partial charge in [-0.05, 0) is 24.3 Å². The van der Waals surface area contributed by atoms with Crippen LogP contribution in [-0.4, -0.2) is 39.6 Å². The van der Waals surface area contributed by atoms with E-state index in [1.807, 2.05) is 0 Å². The average Bonchev–Trinajstić information content (AvgIpc) is 3.10. The van der Waals surface area contributed by atoms with E-state index >= 15 is 0 Å². The minimum Gasteiger partial charge on any atom is -0.354 e. The van der Waals surface area contributed by atoms with Crippen molar-refractivity contribution < 1.29 is 17.2 Å². The van der Waals surface area contributed by atoms with Crippen molar-refractivity contribution >= 4 is 55.4 Å². The van der Waals surface area contributed by atoms with Crippen LogP contribution in [0.1, 0.15) is 0 Å². The van der Waals surface area contributed by atoms with E-state index in [1.165, 1.54) is 0 Å². The molecule has 150 valence electrons. The van der Waals surface area contributed by atoms with E-state index in [9.17, 15) is 17.2 Å². The van der Waals surface area contributed by atoms with Gasteiger partial charge in [-0.25, -0.2) is 22.2 Å². The van der Waals surface area contributed by atoms with E-state index < -0.39 is 21.7 Å². The Kier molecular flexibility index (Phi) is 6.04. The molecular formula is C17H17ClF2N4O2S2. The van der Waals surface area contributed by atoms with Gasteiger partial charge < -0.3 is 10.2 Å². The largest absolute Gasteiger partial charge is 0.354 e. The van der Waals surface area contributed by atoms with Crippen molar-refractivity contribution in [3.63, 3.8) is 0 Å². The van der Waals surface area contributed by atoms with Crippen LogP contribution in [0.25, 0.3) is 10.1 Å². The van der Waals surface area contributed by atoms with Crippen molar-refractivity contribution in [2.24, 2.45) is 0 Å². The minimum absolute atomic E-state index is 0. The lowest BCUT2D eigenvalue weighted by atomic mass is 10.2. The first-order chi connectivity index (χ1) is 12.9. The molecule has 3 aromatic rings. The maximum atomic E-state index is 13.8. The summed E-state index contributed by atoms with van der Waals surface area (Å²) < 4.78 is 55.2. The quantitative estimate of drug-likeness (QED) is 0.643. The Morgan fingerprint density at radius 2 is 1.89 bits per heavy atom. The normalized spacial score (nSPS) is 14.7. The summed E-state index contributed by atoms with van der Waals surface area (Å²) in [6.45, 7) is 3.23. The molecule has 0 amide bonds. The number of fused-ring (bicyclic) bond motifs is 1.